The molecule has 8 nitrogen and oxygen atoms in total. The van der Waals surface area contributed by atoms with E-state index in [2.05, 4.69) is 31.5 Å². The average Bonchev–Trinajstić information content (AvgIpc) is 2.35. The van der Waals surface area contributed by atoms with Crippen LogP contribution in [0.5, 0.6) is 0 Å². The quantitative estimate of drug-likeness (QED) is 0.483. The molecule has 1 rings (SSSR count). The van der Waals surface area contributed by atoms with E-state index in [0.29, 0.717) is 23.4 Å². The van der Waals surface area contributed by atoms with Gasteiger partial charge >= 0.3 is 6.03 Å². The van der Waals surface area contributed by atoms with Crippen molar-refractivity contribution < 1.29 is 9.72 Å². The van der Waals surface area contributed by atoms with Crippen LogP contribution in [0.4, 0.5) is 16.3 Å². The number of urea groups is 1. The van der Waals surface area contributed by atoms with Gasteiger partial charge in [-0.15, -0.1) is 0 Å². The maximum Gasteiger partial charge on any atom is 0.316 e. The monoisotopic (exact) mass is 331 g/mol. The number of hydrogen-bond acceptors (Lipinski definition) is 5. The van der Waals surface area contributed by atoms with Gasteiger partial charge < -0.3 is 15.5 Å². The maximum atomic E-state index is 11.2. The van der Waals surface area contributed by atoms with E-state index in [1.807, 2.05) is 0 Å². The third kappa shape index (κ3) is 4.70. The molecule has 2 N–H and O–H groups in total. The van der Waals surface area contributed by atoms with Crippen LogP contribution in [0, 0.1) is 10.1 Å². The molecule has 0 spiro atoms. The summed E-state index contributed by atoms with van der Waals surface area (Å²) in [6.45, 7) is 0.880. The maximum absolute atomic E-state index is 11.2. The SMILES string of the molecule is CN(C)C(=O)NCCNc1ncc([N+](=O)[O-])cc1Br. The lowest BCUT2D eigenvalue weighted by Gasteiger charge is -2.12. The molecule has 1 aromatic rings. The van der Waals surface area contributed by atoms with Crippen molar-refractivity contribution in [1.82, 2.24) is 15.2 Å². The van der Waals surface area contributed by atoms with Crippen LogP contribution >= 0.6 is 15.9 Å². The van der Waals surface area contributed by atoms with Gasteiger partial charge in [-0.2, -0.15) is 0 Å². The van der Waals surface area contributed by atoms with E-state index in [9.17, 15) is 14.9 Å². The van der Waals surface area contributed by atoms with Crippen LogP contribution < -0.4 is 10.6 Å². The Labute approximate surface area is 118 Å². The summed E-state index contributed by atoms with van der Waals surface area (Å²) in [6, 6.07) is 1.19. The summed E-state index contributed by atoms with van der Waals surface area (Å²) < 4.78 is 0.501. The minimum Gasteiger partial charge on any atom is -0.367 e. The van der Waals surface area contributed by atoms with E-state index < -0.39 is 4.92 Å². The first-order chi connectivity index (χ1) is 8.91. The van der Waals surface area contributed by atoms with Crippen LogP contribution in [0.3, 0.4) is 0 Å². The highest BCUT2D eigenvalue weighted by Crippen LogP contribution is 2.23. The van der Waals surface area contributed by atoms with Gasteiger partial charge in [0.05, 0.1) is 9.40 Å². The minimum atomic E-state index is -0.515. The summed E-state index contributed by atoms with van der Waals surface area (Å²) in [7, 11) is 3.30. The Morgan fingerprint density at radius 1 is 1.53 bits per heavy atom. The second-order valence-corrected chi connectivity index (χ2v) is 4.69. The van der Waals surface area contributed by atoms with Crippen LogP contribution in [0.1, 0.15) is 0 Å². The number of halogens is 1. The molecule has 0 saturated carbocycles. The predicted molar refractivity (Wildman–Crippen MR) is 74.2 cm³/mol. The normalized spacial score (nSPS) is 9.84. The van der Waals surface area contributed by atoms with Crippen LogP contribution in [-0.2, 0) is 0 Å². The van der Waals surface area contributed by atoms with Gasteiger partial charge in [0.15, 0.2) is 0 Å². The Bertz CT molecular complexity index is 480. The summed E-state index contributed by atoms with van der Waals surface area (Å²) in [5.41, 5.74) is -0.0849. The number of carbonyl (C=O) groups excluding carboxylic acids is 1. The first kappa shape index (κ1) is 15.2. The van der Waals surface area contributed by atoms with E-state index in [-0.39, 0.29) is 11.7 Å². The fraction of sp³-hybridized carbons (Fsp3) is 0.400. The molecule has 19 heavy (non-hydrogen) atoms. The highest BCUT2D eigenvalue weighted by molar-refractivity contribution is 9.10. The molecular weight excluding hydrogens is 318 g/mol. The second kappa shape index (κ2) is 6.88. The molecule has 1 aromatic heterocycles. The molecule has 0 unspecified atom stereocenters. The Morgan fingerprint density at radius 2 is 2.21 bits per heavy atom. The largest absolute Gasteiger partial charge is 0.367 e. The number of anilines is 1. The van der Waals surface area contributed by atoms with Gasteiger partial charge in [0.1, 0.15) is 12.0 Å². The zero-order chi connectivity index (χ0) is 14.4. The predicted octanol–water partition coefficient (Wildman–Crippen LogP) is 1.44. The van der Waals surface area contributed by atoms with Crippen LogP contribution in [0.15, 0.2) is 16.7 Å². The fourth-order valence-electron chi connectivity index (χ4n) is 1.17. The molecule has 9 heteroatoms. The third-order valence-electron chi connectivity index (χ3n) is 2.14. The molecule has 0 radical (unpaired) electrons. The van der Waals surface area contributed by atoms with E-state index >= 15 is 0 Å². The smallest absolute Gasteiger partial charge is 0.316 e. The number of pyridine rings is 1. The Morgan fingerprint density at radius 3 is 2.74 bits per heavy atom. The highest BCUT2D eigenvalue weighted by Gasteiger charge is 2.10. The zero-order valence-corrected chi connectivity index (χ0v) is 12.1. The Balaban J connectivity index is 2.46. The summed E-state index contributed by atoms with van der Waals surface area (Å²) in [4.78, 5) is 26.6. The Kier molecular flexibility index (Phi) is 5.49. The van der Waals surface area contributed by atoms with Gasteiger partial charge in [0.2, 0.25) is 0 Å². The highest BCUT2D eigenvalue weighted by atomic mass is 79.9. The van der Waals surface area contributed by atoms with Gasteiger partial charge in [-0.3, -0.25) is 10.1 Å². The van der Waals surface area contributed by atoms with Crippen molar-refractivity contribution >= 4 is 33.5 Å². The first-order valence-electron chi connectivity index (χ1n) is 5.40. The first-order valence-corrected chi connectivity index (χ1v) is 6.20. The van der Waals surface area contributed by atoms with Crippen molar-refractivity contribution in [2.75, 3.05) is 32.5 Å². The number of nitrogens with zero attached hydrogens (tertiary/aromatic N) is 3. The molecule has 0 aliphatic carbocycles. The van der Waals surface area contributed by atoms with Crippen LogP contribution in [0.25, 0.3) is 0 Å². The number of amides is 2. The number of rotatable bonds is 5. The van der Waals surface area contributed by atoms with Crippen LogP contribution in [0.2, 0.25) is 0 Å². The van der Waals surface area contributed by atoms with Gasteiger partial charge in [-0.1, -0.05) is 0 Å². The summed E-state index contributed by atoms with van der Waals surface area (Å²) >= 11 is 3.19. The summed E-state index contributed by atoms with van der Waals surface area (Å²) in [5.74, 6) is 0.490. The third-order valence-corrected chi connectivity index (χ3v) is 2.74. The number of nitro groups is 1. The van der Waals surface area contributed by atoms with Crippen molar-refractivity contribution in [3.05, 3.63) is 26.9 Å². The molecule has 0 aliphatic heterocycles. The summed E-state index contributed by atoms with van der Waals surface area (Å²) in [5, 5.41) is 16.2. The number of hydrogen-bond donors (Lipinski definition) is 2. The molecule has 0 fully saturated rings. The molecule has 1 heterocycles. The topological polar surface area (TPSA) is 100 Å². The van der Waals surface area contributed by atoms with Crippen molar-refractivity contribution in [1.29, 1.82) is 0 Å². The van der Waals surface area contributed by atoms with Gasteiger partial charge in [0, 0.05) is 33.3 Å². The molecule has 104 valence electrons. The lowest BCUT2D eigenvalue weighted by atomic mass is 10.4. The molecule has 0 atom stereocenters. The lowest BCUT2D eigenvalue weighted by molar-refractivity contribution is -0.385. The molecular formula is C10H14BrN5O3. The average molecular weight is 332 g/mol. The lowest BCUT2D eigenvalue weighted by Crippen LogP contribution is -2.37. The number of nitrogens with one attached hydrogen (secondary N) is 2. The minimum absolute atomic E-state index is 0.0849. The standard InChI is InChI=1S/C10H14BrN5O3/c1-15(2)10(17)13-4-3-12-9-8(11)5-7(6-14-9)16(18)19/h5-6H,3-4H2,1-2H3,(H,12,14)(H,13,17). The van der Waals surface area contributed by atoms with Crippen molar-refractivity contribution in [2.24, 2.45) is 0 Å². The van der Waals surface area contributed by atoms with Gasteiger partial charge in [-0.05, 0) is 15.9 Å². The fourth-order valence-corrected chi connectivity index (χ4v) is 1.64. The molecule has 0 saturated heterocycles. The molecule has 0 aliphatic rings. The second-order valence-electron chi connectivity index (χ2n) is 3.83. The van der Waals surface area contributed by atoms with Crippen LogP contribution in [-0.4, -0.2) is 48.0 Å². The zero-order valence-electron chi connectivity index (χ0n) is 10.5. The van der Waals surface area contributed by atoms with Crippen molar-refractivity contribution in [3.63, 3.8) is 0 Å². The van der Waals surface area contributed by atoms with E-state index in [1.165, 1.54) is 17.2 Å². The molecule has 2 amide bonds. The summed E-state index contributed by atoms with van der Waals surface area (Å²) in [6.07, 6.45) is 1.17. The van der Waals surface area contributed by atoms with Gasteiger partial charge in [-0.25, -0.2) is 9.78 Å². The van der Waals surface area contributed by atoms with Crippen molar-refractivity contribution in [3.8, 4) is 0 Å². The molecule has 0 aromatic carbocycles. The Hall–Kier alpha value is -1.90. The molecule has 0 bridgehead atoms. The number of carbonyl (C=O) groups is 1. The van der Waals surface area contributed by atoms with E-state index in [1.54, 1.807) is 14.1 Å². The van der Waals surface area contributed by atoms with E-state index in [0.717, 1.165) is 0 Å². The van der Waals surface area contributed by atoms with E-state index in [4.69, 9.17) is 0 Å². The van der Waals surface area contributed by atoms with Gasteiger partial charge in [0.25, 0.3) is 5.69 Å². The number of aromatic nitrogens is 1. The van der Waals surface area contributed by atoms with Crippen molar-refractivity contribution in [2.45, 2.75) is 0 Å².